The third-order valence-corrected chi connectivity index (χ3v) is 2.95. The molecular formula is C9H10O5S. The molecule has 0 fully saturated rings. The minimum Gasteiger partial charge on any atom is -0.495 e. The van der Waals surface area contributed by atoms with Gasteiger partial charge in [0, 0.05) is 6.26 Å². The Morgan fingerprint density at radius 2 is 2.00 bits per heavy atom. The van der Waals surface area contributed by atoms with E-state index in [1.165, 1.54) is 25.3 Å². The molecule has 0 bridgehead atoms. The molecule has 0 aliphatic rings. The molecule has 15 heavy (non-hydrogen) atoms. The van der Waals surface area contributed by atoms with Crippen LogP contribution in [0.15, 0.2) is 23.1 Å². The number of hydrogen-bond acceptors (Lipinski definition) is 4. The first-order valence-electron chi connectivity index (χ1n) is 3.97. The number of carboxylic acids is 1. The van der Waals surface area contributed by atoms with Gasteiger partial charge < -0.3 is 9.84 Å². The largest absolute Gasteiger partial charge is 0.495 e. The van der Waals surface area contributed by atoms with Crippen molar-refractivity contribution < 1.29 is 23.1 Å². The van der Waals surface area contributed by atoms with Gasteiger partial charge in [-0.3, -0.25) is 0 Å². The van der Waals surface area contributed by atoms with Crippen molar-refractivity contribution in [1.82, 2.24) is 0 Å². The summed E-state index contributed by atoms with van der Waals surface area (Å²) in [4.78, 5) is 10.6. The Hall–Kier alpha value is -1.56. The summed E-state index contributed by atoms with van der Waals surface area (Å²) in [6.07, 6.45) is 1.03. The molecule has 1 aromatic carbocycles. The molecule has 1 N–H and O–H groups in total. The average molecular weight is 230 g/mol. The van der Waals surface area contributed by atoms with E-state index < -0.39 is 15.8 Å². The van der Waals surface area contributed by atoms with Crippen LogP contribution in [-0.4, -0.2) is 32.9 Å². The summed E-state index contributed by atoms with van der Waals surface area (Å²) < 4.78 is 27.4. The zero-order chi connectivity index (χ0) is 11.6. The summed E-state index contributed by atoms with van der Waals surface area (Å²) >= 11 is 0. The van der Waals surface area contributed by atoms with Gasteiger partial charge in [-0.25, -0.2) is 13.2 Å². The fourth-order valence-corrected chi connectivity index (χ4v) is 1.93. The maximum Gasteiger partial charge on any atom is 0.335 e. The molecule has 6 heteroatoms. The molecule has 0 aliphatic heterocycles. The summed E-state index contributed by atoms with van der Waals surface area (Å²) in [7, 11) is -2.12. The second kappa shape index (κ2) is 3.90. The first-order valence-corrected chi connectivity index (χ1v) is 5.87. The number of benzene rings is 1. The Morgan fingerprint density at radius 1 is 1.40 bits per heavy atom. The lowest BCUT2D eigenvalue weighted by Gasteiger charge is -2.07. The van der Waals surface area contributed by atoms with Crippen molar-refractivity contribution in [3.8, 4) is 5.75 Å². The van der Waals surface area contributed by atoms with Gasteiger partial charge in [-0.15, -0.1) is 0 Å². The van der Waals surface area contributed by atoms with Crippen LogP contribution in [0.2, 0.25) is 0 Å². The smallest absolute Gasteiger partial charge is 0.335 e. The van der Waals surface area contributed by atoms with E-state index in [-0.39, 0.29) is 16.2 Å². The van der Waals surface area contributed by atoms with Crippen molar-refractivity contribution in [3.63, 3.8) is 0 Å². The fraction of sp³-hybridized carbons (Fsp3) is 0.222. The van der Waals surface area contributed by atoms with E-state index in [0.29, 0.717) is 0 Å². The highest BCUT2D eigenvalue weighted by Crippen LogP contribution is 2.24. The van der Waals surface area contributed by atoms with Gasteiger partial charge in [0.05, 0.1) is 12.7 Å². The van der Waals surface area contributed by atoms with Gasteiger partial charge in [0.1, 0.15) is 10.6 Å². The van der Waals surface area contributed by atoms with Gasteiger partial charge in [0.15, 0.2) is 9.84 Å². The lowest BCUT2D eigenvalue weighted by molar-refractivity contribution is 0.0696. The number of carbonyl (C=O) groups is 1. The summed E-state index contributed by atoms with van der Waals surface area (Å²) in [6.45, 7) is 0. The zero-order valence-corrected chi connectivity index (χ0v) is 9.04. The molecule has 5 nitrogen and oxygen atoms in total. The first kappa shape index (κ1) is 11.5. The van der Waals surface area contributed by atoms with Gasteiger partial charge in [-0.2, -0.15) is 0 Å². The quantitative estimate of drug-likeness (QED) is 0.830. The highest BCUT2D eigenvalue weighted by molar-refractivity contribution is 7.90. The van der Waals surface area contributed by atoms with Gasteiger partial charge >= 0.3 is 5.97 Å². The van der Waals surface area contributed by atoms with E-state index >= 15 is 0 Å². The summed E-state index contributed by atoms with van der Waals surface area (Å²) in [5.41, 5.74) is -0.0146. The van der Waals surface area contributed by atoms with Crippen LogP contribution in [0.1, 0.15) is 10.4 Å². The molecule has 82 valence electrons. The van der Waals surface area contributed by atoms with Crippen LogP contribution in [0, 0.1) is 0 Å². The highest BCUT2D eigenvalue weighted by atomic mass is 32.2. The van der Waals surface area contributed by atoms with Crippen molar-refractivity contribution in [2.75, 3.05) is 13.4 Å². The van der Waals surface area contributed by atoms with Crippen molar-refractivity contribution in [3.05, 3.63) is 23.8 Å². The molecule has 0 heterocycles. The van der Waals surface area contributed by atoms with E-state index in [0.717, 1.165) is 6.26 Å². The Labute approximate surface area is 87.2 Å². The molecule has 0 aliphatic carbocycles. The number of methoxy groups -OCH3 is 1. The van der Waals surface area contributed by atoms with E-state index in [1.54, 1.807) is 0 Å². The summed E-state index contributed by atoms with van der Waals surface area (Å²) in [6, 6.07) is 3.62. The van der Waals surface area contributed by atoms with Crippen LogP contribution >= 0.6 is 0 Å². The summed E-state index contributed by atoms with van der Waals surface area (Å²) in [5.74, 6) is -1.09. The van der Waals surface area contributed by atoms with E-state index in [9.17, 15) is 13.2 Å². The molecule has 0 saturated heterocycles. The molecule has 1 aromatic rings. The Bertz CT molecular complexity index is 489. The number of aromatic carboxylic acids is 1. The molecule has 0 unspecified atom stereocenters. The van der Waals surface area contributed by atoms with Crippen LogP contribution in [0.3, 0.4) is 0 Å². The second-order valence-electron chi connectivity index (χ2n) is 2.94. The molecule has 1 rings (SSSR count). The molecule has 0 amide bonds. The topological polar surface area (TPSA) is 80.7 Å². The number of hydrogen-bond donors (Lipinski definition) is 1. The normalized spacial score (nSPS) is 11.1. The van der Waals surface area contributed by atoms with Crippen LogP contribution in [0.4, 0.5) is 0 Å². The van der Waals surface area contributed by atoms with Crippen LogP contribution in [0.5, 0.6) is 5.75 Å². The summed E-state index contributed by atoms with van der Waals surface area (Å²) in [5, 5.41) is 8.69. The third kappa shape index (κ3) is 2.47. The van der Waals surface area contributed by atoms with Crippen LogP contribution in [0.25, 0.3) is 0 Å². The van der Waals surface area contributed by atoms with Gasteiger partial charge in [0.25, 0.3) is 0 Å². The predicted octanol–water partition coefficient (Wildman–Crippen LogP) is 0.797. The van der Waals surface area contributed by atoms with Gasteiger partial charge in [0.2, 0.25) is 0 Å². The Morgan fingerprint density at radius 3 is 2.40 bits per heavy atom. The second-order valence-corrected chi connectivity index (χ2v) is 4.93. The number of carboxylic acid groups (broad SMARTS) is 1. The molecule has 0 saturated carbocycles. The van der Waals surface area contributed by atoms with Gasteiger partial charge in [-0.1, -0.05) is 0 Å². The van der Waals surface area contributed by atoms with Crippen molar-refractivity contribution in [2.45, 2.75) is 4.90 Å². The standard InChI is InChI=1S/C9H10O5S/c1-14-7-5-6(9(10)11)3-4-8(7)15(2,12)13/h3-5H,1-2H3,(H,10,11). The van der Waals surface area contributed by atoms with E-state index in [2.05, 4.69) is 0 Å². The monoisotopic (exact) mass is 230 g/mol. The molecule has 0 spiro atoms. The Balaban J connectivity index is 3.40. The van der Waals surface area contributed by atoms with Gasteiger partial charge in [-0.05, 0) is 18.2 Å². The number of sulfone groups is 1. The average Bonchev–Trinajstić information content (AvgIpc) is 2.15. The highest BCUT2D eigenvalue weighted by Gasteiger charge is 2.16. The molecular weight excluding hydrogens is 220 g/mol. The zero-order valence-electron chi connectivity index (χ0n) is 8.22. The Kier molecular flexibility index (Phi) is 2.99. The van der Waals surface area contributed by atoms with Crippen LogP contribution in [-0.2, 0) is 9.84 Å². The molecule has 0 radical (unpaired) electrons. The van der Waals surface area contributed by atoms with Crippen molar-refractivity contribution in [2.24, 2.45) is 0 Å². The first-order chi connectivity index (χ1) is 6.86. The van der Waals surface area contributed by atoms with E-state index in [1.807, 2.05) is 0 Å². The fourth-order valence-electron chi connectivity index (χ4n) is 1.11. The van der Waals surface area contributed by atoms with Crippen molar-refractivity contribution in [1.29, 1.82) is 0 Å². The lowest BCUT2D eigenvalue weighted by Crippen LogP contribution is -2.03. The van der Waals surface area contributed by atoms with E-state index in [4.69, 9.17) is 9.84 Å². The van der Waals surface area contributed by atoms with Crippen molar-refractivity contribution >= 4 is 15.8 Å². The minimum absolute atomic E-state index is 0.0146. The molecule has 0 atom stereocenters. The third-order valence-electron chi connectivity index (χ3n) is 1.81. The SMILES string of the molecule is COc1cc(C(=O)O)ccc1S(C)(=O)=O. The number of rotatable bonds is 3. The molecule has 0 aromatic heterocycles. The van der Waals surface area contributed by atoms with Crippen LogP contribution < -0.4 is 4.74 Å². The number of ether oxygens (including phenoxy) is 1. The maximum atomic E-state index is 11.3. The minimum atomic E-state index is -3.41. The predicted molar refractivity (Wildman–Crippen MR) is 53.1 cm³/mol. The maximum absolute atomic E-state index is 11.3. The lowest BCUT2D eigenvalue weighted by atomic mass is 10.2.